The molecule has 0 saturated carbocycles. The summed E-state index contributed by atoms with van der Waals surface area (Å²) in [7, 11) is 0. The lowest BCUT2D eigenvalue weighted by Crippen LogP contribution is -2.52. The molecule has 1 aromatic carbocycles. The Morgan fingerprint density at radius 3 is 2.80 bits per heavy atom. The lowest BCUT2D eigenvalue weighted by atomic mass is 9.92. The quantitative estimate of drug-likeness (QED) is 0.819. The van der Waals surface area contributed by atoms with Crippen LogP contribution in [-0.4, -0.2) is 41.6 Å². The minimum Gasteiger partial charge on any atom is -0.481 e. The van der Waals surface area contributed by atoms with E-state index in [1.54, 1.807) is 4.90 Å². The van der Waals surface area contributed by atoms with E-state index in [-0.39, 0.29) is 12.5 Å². The zero-order chi connectivity index (χ0) is 14.5. The average molecular weight is 297 g/mol. The number of nitrogens with one attached hydrogen (secondary N) is 1. The molecule has 6 heteroatoms. The second kappa shape index (κ2) is 6.61. The Balaban J connectivity index is 1.70. The van der Waals surface area contributed by atoms with Gasteiger partial charge in [0.2, 0.25) is 0 Å². The molecular weight excluding hydrogens is 280 g/mol. The van der Waals surface area contributed by atoms with E-state index in [4.69, 9.17) is 16.7 Å². The number of hydrogen-bond acceptors (Lipinski definition) is 2. The molecule has 0 spiro atoms. The molecule has 0 aliphatic carbocycles. The zero-order valence-electron chi connectivity index (χ0n) is 11.0. The Morgan fingerprint density at radius 2 is 2.15 bits per heavy atom. The Kier molecular flexibility index (Phi) is 4.84. The molecule has 0 aromatic heterocycles. The lowest BCUT2D eigenvalue weighted by Gasteiger charge is -2.39. The Labute approximate surface area is 122 Å². The average Bonchev–Trinajstić information content (AvgIpc) is 2.33. The van der Waals surface area contributed by atoms with E-state index in [9.17, 15) is 9.59 Å². The molecule has 1 fully saturated rings. The molecule has 0 bridgehead atoms. The lowest BCUT2D eigenvalue weighted by molar-refractivity contribution is -0.137. The number of carboxylic acid groups (broad SMARTS) is 1. The van der Waals surface area contributed by atoms with E-state index in [0.29, 0.717) is 37.0 Å². The highest BCUT2D eigenvalue weighted by Crippen LogP contribution is 2.28. The van der Waals surface area contributed by atoms with Gasteiger partial charge in [-0.2, -0.15) is 0 Å². The van der Waals surface area contributed by atoms with E-state index in [1.807, 2.05) is 24.3 Å². The van der Waals surface area contributed by atoms with Gasteiger partial charge in [-0.1, -0.05) is 23.7 Å². The first-order valence-electron chi connectivity index (χ1n) is 6.56. The van der Waals surface area contributed by atoms with Gasteiger partial charge in [-0.25, -0.2) is 4.79 Å². The summed E-state index contributed by atoms with van der Waals surface area (Å²) in [6, 6.07) is 7.55. The van der Waals surface area contributed by atoms with Gasteiger partial charge in [0.25, 0.3) is 0 Å². The van der Waals surface area contributed by atoms with Gasteiger partial charge in [-0.15, -0.1) is 0 Å². The smallest absolute Gasteiger partial charge is 0.317 e. The highest BCUT2D eigenvalue weighted by atomic mass is 35.5. The number of urea groups is 1. The molecule has 5 nitrogen and oxygen atoms in total. The molecule has 2 amide bonds. The van der Waals surface area contributed by atoms with E-state index in [1.165, 1.54) is 0 Å². The summed E-state index contributed by atoms with van der Waals surface area (Å²) < 4.78 is 0. The van der Waals surface area contributed by atoms with Gasteiger partial charge in [0.1, 0.15) is 0 Å². The predicted octanol–water partition coefficient (Wildman–Crippen LogP) is 2.31. The van der Waals surface area contributed by atoms with E-state index in [2.05, 4.69) is 5.32 Å². The second-order valence-electron chi connectivity index (χ2n) is 4.89. The van der Waals surface area contributed by atoms with Gasteiger partial charge >= 0.3 is 12.0 Å². The summed E-state index contributed by atoms with van der Waals surface area (Å²) >= 11 is 5.94. The topological polar surface area (TPSA) is 69.6 Å². The van der Waals surface area contributed by atoms with Crippen molar-refractivity contribution in [3.8, 4) is 0 Å². The van der Waals surface area contributed by atoms with E-state index in [0.717, 1.165) is 5.56 Å². The maximum atomic E-state index is 11.8. The van der Waals surface area contributed by atoms with Crippen LogP contribution in [0.1, 0.15) is 24.3 Å². The minimum atomic E-state index is -0.843. The molecule has 1 saturated heterocycles. The number of rotatable bonds is 5. The largest absolute Gasteiger partial charge is 0.481 e. The highest BCUT2D eigenvalue weighted by molar-refractivity contribution is 6.30. The van der Waals surface area contributed by atoms with Crippen LogP contribution >= 0.6 is 11.6 Å². The van der Waals surface area contributed by atoms with Gasteiger partial charge in [-0.3, -0.25) is 4.79 Å². The van der Waals surface area contributed by atoms with Gasteiger partial charge in [0, 0.05) is 37.0 Å². The first-order chi connectivity index (χ1) is 9.56. The number of carboxylic acids is 1. The monoisotopic (exact) mass is 296 g/mol. The first kappa shape index (κ1) is 14.7. The summed E-state index contributed by atoms with van der Waals surface area (Å²) in [5.41, 5.74) is 1.15. The molecular formula is C14H17ClN2O3. The third-order valence-corrected chi connectivity index (χ3v) is 3.57. The minimum absolute atomic E-state index is 0.0748. The van der Waals surface area contributed by atoms with Crippen molar-refractivity contribution in [2.75, 3.05) is 19.6 Å². The van der Waals surface area contributed by atoms with Crippen LogP contribution in [-0.2, 0) is 4.79 Å². The fraction of sp³-hybridized carbons (Fsp3) is 0.429. The van der Waals surface area contributed by atoms with Crippen molar-refractivity contribution in [3.63, 3.8) is 0 Å². The van der Waals surface area contributed by atoms with Crippen molar-refractivity contribution in [3.05, 3.63) is 34.9 Å². The number of carbonyl (C=O) groups is 2. The van der Waals surface area contributed by atoms with Crippen molar-refractivity contribution < 1.29 is 14.7 Å². The Bertz CT molecular complexity index is 501. The number of halogens is 1. The standard InChI is InChI=1S/C14H17ClN2O3/c15-12-4-1-3-10(7-12)11-8-17(9-11)14(20)16-6-2-5-13(18)19/h1,3-4,7,11H,2,5-6,8-9H2,(H,16,20)(H,18,19). The van der Waals surface area contributed by atoms with Crippen LogP contribution in [0.4, 0.5) is 4.79 Å². The predicted molar refractivity (Wildman–Crippen MR) is 76.0 cm³/mol. The van der Waals surface area contributed by atoms with Crippen LogP contribution < -0.4 is 5.32 Å². The van der Waals surface area contributed by atoms with Crippen LogP contribution in [0.15, 0.2) is 24.3 Å². The summed E-state index contributed by atoms with van der Waals surface area (Å²) in [5.74, 6) is -0.511. The zero-order valence-corrected chi connectivity index (χ0v) is 11.8. The van der Waals surface area contributed by atoms with Crippen molar-refractivity contribution in [2.45, 2.75) is 18.8 Å². The molecule has 1 aliphatic heterocycles. The van der Waals surface area contributed by atoms with Crippen molar-refractivity contribution in [1.29, 1.82) is 0 Å². The van der Waals surface area contributed by atoms with E-state index < -0.39 is 5.97 Å². The number of likely N-dealkylation sites (tertiary alicyclic amines) is 1. The third-order valence-electron chi connectivity index (χ3n) is 3.33. The normalized spacial score (nSPS) is 14.8. The van der Waals surface area contributed by atoms with Crippen LogP contribution in [0.25, 0.3) is 0 Å². The number of hydrogen-bond donors (Lipinski definition) is 2. The SMILES string of the molecule is O=C(O)CCCNC(=O)N1CC(c2cccc(Cl)c2)C1. The molecule has 1 heterocycles. The number of aliphatic carboxylic acids is 1. The van der Waals surface area contributed by atoms with Gasteiger partial charge < -0.3 is 15.3 Å². The molecule has 2 rings (SSSR count). The Morgan fingerprint density at radius 1 is 1.40 bits per heavy atom. The number of carbonyl (C=O) groups excluding carboxylic acids is 1. The molecule has 108 valence electrons. The van der Waals surface area contributed by atoms with E-state index >= 15 is 0 Å². The molecule has 0 radical (unpaired) electrons. The van der Waals surface area contributed by atoms with Gasteiger partial charge in [0.05, 0.1) is 0 Å². The van der Waals surface area contributed by atoms with Gasteiger partial charge in [-0.05, 0) is 24.1 Å². The molecule has 20 heavy (non-hydrogen) atoms. The van der Waals surface area contributed by atoms with Crippen LogP contribution in [0, 0.1) is 0 Å². The molecule has 0 unspecified atom stereocenters. The molecule has 1 aliphatic rings. The summed E-state index contributed by atoms with van der Waals surface area (Å²) in [4.78, 5) is 23.8. The fourth-order valence-corrected chi connectivity index (χ4v) is 2.36. The number of benzene rings is 1. The summed E-state index contributed by atoms with van der Waals surface area (Å²) in [6.45, 7) is 1.74. The van der Waals surface area contributed by atoms with Crippen LogP contribution in [0.2, 0.25) is 5.02 Å². The van der Waals surface area contributed by atoms with Crippen LogP contribution in [0.3, 0.4) is 0 Å². The first-order valence-corrected chi connectivity index (χ1v) is 6.94. The summed E-state index contributed by atoms with van der Waals surface area (Å²) in [5, 5.41) is 11.9. The molecule has 1 aromatic rings. The maximum absolute atomic E-state index is 11.8. The number of amides is 2. The van der Waals surface area contributed by atoms with Crippen LogP contribution in [0.5, 0.6) is 0 Å². The highest BCUT2D eigenvalue weighted by Gasteiger charge is 2.31. The third kappa shape index (κ3) is 3.87. The number of nitrogens with zero attached hydrogens (tertiary/aromatic N) is 1. The maximum Gasteiger partial charge on any atom is 0.317 e. The molecule has 2 N–H and O–H groups in total. The Hall–Kier alpha value is -1.75. The second-order valence-corrected chi connectivity index (χ2v) is 5.32. The van der Waals surface area contributed by atoms with Crippen molar-refractivity contribution in [1.82, 2.24) is 10.2 Å². The van der Waals surface area contributed by atoms with Gasteiger partial charge in [0.15, 0.2) is 0 Å². The molecule has 0 atom stereocenters. The van der Waals surface area contributed by atoms with Crippen molar-refractivity contribution in [2.24, 2.45) is 0 Å². The fourth-order valence-electron chi connectivity index (χ4n) is 2.16. The van der Waals surface area contributed by atoms with Crippen molar-refractivity contribution >= 4 is 23.6 Å². The summed E-state index contributed by atoms with van der Waals surface area (Å²) in [6.07, 6.45) is 0.526.